The molecule has 3 N–H and O–H groups in total. The predicted molar refractivity (Wildman–Crippen MR) is 60.5 cm³/mol. The number of phenols is 1. The zero-order valence-electron chi connectivity index (χ0n) is 9.13. The summed E-state index contributed by atoms with van der Waals surface area (Å²) in [5.74, 6) is 1.18. The Hall–Kier alpha value is -2.08. The minimum Gasteiger partial charge on any atom is -0.508 e. The third-order valence-electron chi connectivity index (χ3n) is 2.16. The van der Waals surface area contributed by atoms with Gasteiger partial charge in [-0.15, -0.1) is 0 Å². The van der Waals surface area contributed by atoms with Gasteiger partial charge in [-0.05, 0) is 24.3 Å². The third-order valence-corrected chi connectivity index (χ3v) is 2.16. The minimum atomic E-state index is 0.00433. The van der Waals surface area contributed by atoms with E-state index in [2.05, 4.69) is 15.5 Å². The molecule has 1 heterocycles. The largest absolute Gasteiger partial charge is 0.508 e. The van der Waals surface area contributed by atoms with Crippen LogP contribution >= 0.6 is 0 Å². The maximum absolute atomic E-state index is 9.11. The highest BCUT2D eigenvalue weighted by molar-refractivity contribution is 5.45. The summed E-state index contributed by atoms with van der Waals surface area (Å²) in [5, 5.41) is 24.6. The molecule has 1 aromatic heterocycles. The van der Waals surface area contributed by atoms with Gasteiger partial charge in [-0.2, -0.15) is 4.98 Å². The van der Waals surface area contributed by atoms with Crippen LogP contribution in [-0.4, -0.2) is 27.0 Å². The van der Waals surface area contributed by atoms with Gasteiger partial charge in [0.25, 0.3) is 0 Å². The van der Waals surface area contributed by atoms with Gasteiger partial charge >= 0.3 is 0 Å². The van der Waals surface area contributed by atoms with Gasteiger partial charge in [0.15, 0.2) is 5.82 Å². The molecule has 17 heavy (non-hydrogen) atoms. The first-order valence-electron chi connectivity index (χ1n) is 5.23. The quantitative estimate of drug-likeness (QED) is 0.667. The Morgan fingerprint density at radius 3 is 2.71 bits per heavy atom. The smallest absolute Gasteiger partial charge is 0.245 e. The van der Waals surface area contributed by atoms with Gasteiger partial charge in [-0.1, -0.05) is 5.16 Å². The number of nitrogens with one attached hydrogen (secondary N) is 1. The van der Waals surface area contributed by atoms with Crippen molar-refractivity contribution < 1.29 is 14.7 Å². The van der Waals surface area contributed by atoms with Crippen molar-refractivity contribution in [2.24, 2.45) is 0 Å². The summed E-state index contributed by atoms with van der Waals surface area (Å²) >= 11 is 0. The van der Waals surface area contributed by atoms with E-state index in [0.29, 0.717) is 24.7 Å². The highest BCUT2D eigenvalue weighted by Gasteiger charge is 2.05. The molecule has 0 saturated heterocycles. The number of aromatic hydroxyl groups is 1. The molecule has 90 valence electrons. The van der Waals surface area contributed by atoms with Crippen LogP contribution < -0.4 is 5.32 Å². The molecule has 6 heteroatoms. The number of benzene rings is 1. The van der Waals surface area contributed by atoms with E-state index in [1.54, 1.807) is 24.3 Å². The molecule has 6 nitrogen and oxygen atoms in total. The molecule has 1 aromatic carbocycles. The Bertz CT molecular complexity index is 467. The lowest BCUT2D eigenvalue weighted by Crippen LogP contribution is -2.00. The summed E-state index contributed by atoms with van der Waals surface area (Å²) in [6.07, 6.45) is 0.392. The van der Waals surface area contributed by atoms with Gasteiger partial charge in [0.1, 0.15) is 5.75 Å². The first-order valence-corrected chi connectivity index (χ1v) is 5.23. The second-order valence-electron chi connectivity index (χ2n) is 3.48. The van der Waals surface area contributed by atoms with Crippen molar-refractivity contribution in [1.82, 2.24) is 10.1 Å². The fourth-order valence-electron chi connectivity index (χ4n) is 1.32. The molecule has 0 aliphatic rings. The fourth-order valence-corrected chi connectivity index (χ4v) is 1.32. The van der Waals surface area contributed by atoms with E-state index in [0.717, 1.165) is 5.69 Å². The molecule has 0 unspecified atom stereocenters. The number of aromatic nitrogens is 2. The monoisotopic (exact) mass is 235 g/mol. The van der Waals surface area contributed by atoms with E-state index in [1.807, 2.05) is 0 Å². The topological polar surface area (TPSA) is 91.4 Å². The van der Waals surface area contributed by atoms with Gasteiger partial charge < -0.3 is 20.1 Å². The van der Waals surface area contributed by atoms with Crippen LogP contribution in [0.5, 0.6) is 5.75 Å². The van der Waals surface area contributed by atoms with E-state index in [4.69, 9.17) is 14.7 Å². The highest BCUT2D eigenvalue weighted by Crippen LogP contribution is 2.14. The summed E-state index contributed by atoms with van der Waals surface area (Å²) in [4.78, 5) is 4.08. The Morgan fingerprint density at radius 2 is 2.00 bits per heavy atom. The van der Waals surface area contributed by atoms with Gasteiger partial charge in [-0.3, -0.25) is 0 Å². The number of phenolic OH excluding ortho intramolecular Hbond substituents is 1. The van der Waals surface area contributed by atoms with Crippen LogP contribution in [0.15, 0.2) is 28.8 Å². The average molecular weight is 235 g/mol. The van der Waals surface area contributed by atoms with E-state index in [1.165, 1.54) is 0 Å². The number of rotatable bonds is 5. The Balaban J connectivity index is 1.90. The zero-order chi connectivity index (χ0) is 12.1. The Morgan fingerprint density at radius 1 is 1.24 bits per heavy atom. The van der Waals surface area contributed by atoms with Crippen molar-refractivity contribution in [3.8, 4) is 5.75 Å². The number of hydrogen-bond donors (Lipinski definition) is 3. The summed E-state index contributed by atoms with van der Waals surface area (Å²) in [7, 11) is 0. The van der Waals surface area contributed by atoms with Crippen LogP contribution in [0.25, 0.3) is 0 Å². The van der Waals surface area contributed by atoms with E-state index < -0.39 is 0 Å². The van der Waals surface area contributed by atoms with Crippen LogP contribution in [0.4, 0.5) is 5.69 Å². The molecule has 0 aliphatic heterocycles. The van der Waals surface area contributed by atoms with Gasteiger partial charge in [0, 0.05) is 12.1 Å². The molecule has 0 bridgehead atoms. The molecule has 0 radical (unpaired) electrons. The normalized spacial score (nSPS) is 10.4. The number of anilines is 1. The number of nitrogens with zero attached hydrogens (tertiary/aromatic N) is 2. The Kier molecular flexibility index (Phi) is 3.56. The zero-order valence-corrected chi connectivity index (χ0v) is 9.13. The maximum Gasteiger partial charge on any atom is 0.245 e. The number of aliphatic hydroxyl groups is 1. The SMILES string of the molecule is OCCc1noc(CNc2ccc(O)cc2)n1. The number of hydrogen-bond acceptors (Lipinski definition) is 6. The van der Waals surface area contributed by atoms with Gasteiger partial charge in [-0.25, -0.2) is 0 Å². The van der Waals surface area contributed by atoms with Crippen LogP contribution in [0.3, 0.4) is 0 Å². The van der Waals surface area contributed by atoms with E-state index >= 15 is 0 Å². The summed E-state index contributed by atoms with van der Waals surface area (Å²) in [6, 6.07) is 6.68. The van der Waals surface area contributed by atoms with E-state index in [9.17, 15) is 0 Å². The lowest BCUT2D eigenvalue weighted by atomic mass is 10.3. The standard InChI is InChI=1S/C11H13N3O3/c15-6-5-10-13-11(17-14-10)7-12-8-1-3-9(16)4-2-8/h1-4,12,15-16H,5-7H2. The maximum atomic E-state index is 9.11. The van der Waals surface area contributed by atoms with Crippen molar-refractivity contribution in [2.45, 2.75) is 13.0 Å². The van der Waals surface area contributed by atoms with Crippen molar-refractivity contribution in [3.05, 3.63) is 36.0 Å². The van der Waals surface area contributed by atoms with Crippen LogP contribution in [0.2, 0.25) is 0 Å². The molecule has 0 spiro atoms. The van der Waals surface area contributed by atoms with E-state index in [-0.39, 0.29) is 12.4 Å². The third kappa shape index (κ3) is 3.18. The van der Waals surface area contributed by atoms with Crippen LogP contribution in [-0.2, 0) is 13.0 Å². The van der Waals surface area contributed by atoms with Crippen molar-refractivity contribution in [2.75, 3.05) is 11.9 Å². The molecule has 2 rings (SSSR count). The molecule has 2 aromatic rings. The Labute approximate surface area is 97.9 Å². The van der Waals surface area contributed by atoms with Crippen LogP contribution in [0, 0.1) is 0 Å². The number of aliphatic hydroxyl groups excluding tert-OH is 1. The first-order chi connectivity index (χ1) is 8.28. The molecular weight excluding hydrogens is 222 g/mol. The minimum absolute atomic E-state index is 0.00433. The van der Waals surface area contributed by atoms with Gasteiger partial charge in [0.05, 0.1) is 13.2 Å². The molecule has 0 amide bonds. The van der Waals surface area contributed by atoms with Crippen LogP contribution in [0.1, 0.15) is 11.7 Å². The lowest BCUT2D eigenvalue weighted by molar-refractivity contribution is 0.293. The fraction of sp³-hybridized carbons (Fsp3) is 0.273. The second kappa shape index (κ2) is 5.31. The second-order valence-corrected chi connectivity index (χ2v) is 3.48. The lowest BCUT2D eigenvalue weighted by Gasteiger charge is -2.02. The molecule has 0 aliphatic carbocycles. The summed E-state index contributed by atoms with van der Waals surface area (Å²) in [6.45, 7) is 0.410. The molecular formula is C11H13N3O3. The molecule has 0 atom stereocenters. The molecule has 0 fully saturated rings. The average Bonchev–Trinajstić information content (AvgIpc) is 2.77. The summed E-state index contributed by atoms with van der Waals surface area (Å²) in [5.41, 5.74) is 0.852. The molecule has 0 saturated carbocycles. The predicted octanol–water partition coefficient (Wildman–Crippen LogP) is 0.922. The van der Waals surface area contributed by atoms with Crippen molar-refractivity contribution >= 4 is 5.69 Å². The van der Waals surface area contributed by atoms with Crippen molar-refractivity contribution in [3.63, 3.8) is 0 Å². The highest BCUT2D eigenvalue weighted by atomic mass is 16.5. The van der Waals surface area contributed by atoms with Crippen molar-refractivity contribution in [1.29, 1.82) is 0 Å². The van der Waals surface area contributed by atoms with Gasteiger partial charge in [0.2, 0.25) is 5.89 Å². The first kappa shape index (κ1) is 11.4. The summed E-state index contributed by atoms with van der Waals surface area (Å²) < 4.78 is 4.98.